The van der Waals surface area contributed by atoms with Crippen molar-refractivity contribution in [3.63, 3.8) is 0 Å². The Balaban J connectivity index is 2.41. The summed E-state index contributed by atoms with van der Waals surface area (Å²) in [4.78, 5) is 11.8. The molecule has 0 spiro atoms. The maximum absolute atomic E-state index is 13.1. The van der Waals surface area contributed by atoms with Gasteiger partial charge in [-0.15, -0.1) is 0 Å². The third kappa shape index (κ3) is 5.98. The van der Waals surface area contributed by atoms with Crippen LogP contribution in [-0.2, 0) is 4.74 Å². The molecule has 1 amide bonds. The van der Waals surface area contributed by atoms with Crippen LogP contribution < -0.4 is 5.32 Å². The second-order valence-corrected chi connectivity index (χ2v) is 5.77. The highest BCUT2D eigenvalue weighted by Gasteiger charge is 2.13. The molecule has 0 aliphatic heterocycles. The van der Waals surface area contributed by atoms with Gasteiger partial charge in [0.2, 0.25) is 0 Å². The average Bonchev–Trinajstić information content (AvgIpc) is 2.38. The summed E-state index contributed by atoms with van der Waals surface area (Å²) in [6.45, 7) is 4.79. The molecule has 0 bridgehead atoms. The molecule has 1 aromatic carbocycles. The molecule has 1 atom stereocenters. The van der Waals surface area contributed by atoms with Crippen LogP contribution in [0.1, 0.15) is 24.2 Å². The molecule has 0 saturated carbocycles. The molecule has 4 nitrogen and oxygen atoms in total. The monoisotopic (exact) mass is 347 g/mol. The number of hydrogen-bond donors (Lipinski definition) is 2. The first-order chi connectivity index (χ1) is 9.40. The number of carbonyl (C=O) groups excluding carboxylic acids is 1. The molecule has 0 heterocycles. The van der Waals surface area contributed by atoms with Crippen molar-refractivity contribution in [1.82, 2.24) is 5.32 Å². The first kappa shape index (κ1) is 17.1. The van der Waals surface area contributed by atoms with Crippen LogP contribution >= 0.6 is 15.9 Å². The van der Waals surface area contributed by atoms with Crippen molar-refractivity contribution in [2.45, 2.75) is 20.0 Å². The first-order valence-corrected chi connectivity index (χ1v) is 7.18. The third-order valence-electron chi connectivity index (χ3n) is 2.43. The van der Waals surface area contributed by atoms with Gasteiger partial charge in [-0.25, -0.2) is 4.39 Å². The van der Waals surface area contributed by atoms with E-state index in [4.69, 9.17) is 4.74 Å². The molecule has 0 fully saturated rings. The van der Waals surface area contributed by atoms with E-state index in [-0.39, 0.29) is 18.7 Å². The predicted octanol–water partition coefficient (Wildman–Crippen LogP) is 2.35. The Morgan fingerprint density at radius 3 is 2.80 bits per heavy atom. The van der Waals surface area contributed by atoms with E-state index >= 15 is 0 Å². The van der Waals surface area contributed by atoms with Gasteiger partial charge in [-0.1, -0.05) is 13.8 Å². The molecule has 0 aliphatic carbocycles. The number of benzene rings is 1. The number of aliphatic hydroxyl groups excluding tert-OH is 1. The smallest absolute Gasteiger partial charge is 0.252 e. The minimum Gasteiger partial charge on any atom is -0.389 e. The van der Waals surface area contributed by atoms with E-state index in [9.17, 15) is 14.3 Å². The van der Waals surface area contributed by atoms with Gasteiger partial charge in [-0.05, 0) is 40.0 Å². The Kier molecular flexibility index (Phi) is 7.12. The van der Waals surface area contributed by atoms with Gasteiger partial charge in [0.15, 0.2) is 0 Å². The lowest BCUT2D eigenvalue weighted by atomic mass is 10.2. The predicted molar refractivity (Wildman–Crippen MR) is 78.1 cm³/mol. The van der Waals surface area contributed by atoms with E-state index in [1.54, 1.807) is 0 Å². The molecule has 1 unspecified atom stereocenters. The molecule has 0 saturated heterocycles. The zero-order valence-electron chi connectivity index (χ0n) is 11.5. The maximum atomic E-state index is 13.1. The molecule has 0 aromatic heterocycles. The van der Waals surface area contributed by atoms with E-state index in [0.717, 1.165) is 6.07 Å². The second-order valence-electron chi connectivity index (χ2n) is 4.92. The summed E-state index contributed by atoms with van der Waals surface area (Å²) in [5.41, 5.74) is 0.195. The van der Waals surface area contributed by atoms with E-state index < -0.39 is 17.8 Å². The van der Waals surface area contributed by atoms with Crippen molar-refractivity contribution in [1.29, 1.82) is 0 Å². The van der Waals surface area contributed by atoms with Crippen molar-refractivity contribution >= 4 is 21.8 Å². The highest BCUT2D eigenvalue weighted by atomic mass is 79.9. The molecule has 0 radical (unpaired) electrons. The van der Waals surface area contributed by atoms with Crippen LogP contribution in [0.5, 0.6) is 0 Å². The van der Waals surface area contributed by atoms with Crippen molar-refractivity contribution in [2.75, 3.05) is 19.8 Å². The Morgan fingerprint density at radius 2 is 2.15 bits per heavy atom. The number of carbonyl (C=O) groups is 1. The normalized spacial score (nSPS) is 12.5. The number of rotatable bonds is 7. The zero-order chi connectivity index (χ0) is 15.1. The molecule has 2 N–H and O–H groups in total. The number of amides is 1. The minimum absolute atomic E-state index is 0.0554. The fourth-order valence-electron chi connectivity index (χ4n) is 1.48. The quantitative estimate of drug-likeness (QED) is 0.795. The fraction of sp³-hybridized carbons (Fsp3) is 0.500. The lowest BCUT2D eigenvalue weighted by Gasteiger charge is -2.14. The maximum Gasteiger partial charge on any atom is 0.252 e. The Morgan fingerprint density at radius 1 is 1.45 bits per heavy atom. The van der Waals surface area contributed by atoms with Gasteiger partial charge in [-0.2, -0.15) is 0 Å². The molecular weight excluding hydrogens is 329 g/mol. The number of ether oxygens (including phenoxy) is 1. The van der Waals surface area contributed by atoms with Crippen LogP contribution in [-0.4, -0.2) is 36.9 Å². The van der Waals surface area contributed by atoms with Crippen molar-refractivity contribution in [3.8, 4) is 0 Å². The van der Waals surface area contributed by atoms with Crippen LogP contribution in [0.4, 0.5) is 4.39 Å². The second kappa shape index (κ2) is 8.34. The number of nitrogens with one attached hydrogen (secondary N) is 1. The Hall–Kier alpha value is -0.980. The van der Waals surface area contributed by atoms with Gasteiger partial charge in [0.1, 0.15) is 5.82 Å². The van der Waals surface area contributed by atoms with Crippen molar-refractivity contribution < 1.29 is 19.0 Å². The van der Waals surface area contributed by atoms with Gasteiger partial charge < -0.3 is 15.2 Å². The van der Waals surface area contributed by atoms with Gasteiger partial charge in [-0.3, -0.25) is 4.79 Å². The highest BCUT2D eigenvalue weighted by Crippen LogP contribution is 2.17. The van der Waals surface area contributed by atoms with Gasteiger partial charge in [0, 0.05) is 17.6 Å². The molecular formula is C14H19BrFNO3. The van der Waals surface area contributed by atoms with Crippen LogP contribution in [0.15, 0.2) is 22.7 Å². The molecule has 1 rings (SSSR count). The molecule has 20 heavy (non-hydrogen) atoms. The largest absolute Gasteiger partial charge is 0.389 e. The average molecular weight is 348 g/mol. The van der Waals surface area contributed by atoms with E-state index in [1.807, 2.05) is 13.8 Å². The van der Waals surface area contributed by atoms with Crippen molar-refractivity contribution in [3.05, 3.63) is 34.1 Å². The van der Waals surface area contributed by atoms with Crippen LogP contribution in [0.2, 0.25) is 0 Å². The SMILES string of the molecule is CC(C)COCC(O)CNC(=O)c1cc(F)ccc1Br. The number of aliphatic hydroxyl groups is 1. The molecule has 112 valence electrons. The summed E-state index contributed by atoms with van der Waals surface area (Å²) in [7, 11) is 0. The first-order valence-electron chi connectivity index (χ1n) is 6.39. The minimum atomic E-state index is -0.787. The Bertz CT molecular complexity index is 454. The third-order valence-corrected chi connectivity index (χ3v) is 3.12. The summed E-state index contributed by atoms with van der Waals surface area (Å²) in [5.74, 6) is -0.543. The van der Waals surface area contributed by atoms with Gasteiger partial charge in [0.05, 0.1) is 18.3 Å². The highest BCUT2D eigenvalue weighted by molar-refractivity contribution is 9.10. The number of halogens is 2. The lowest BCUT2D eigenvalue weighted by Crippen LogP contribution is -2.35. The summed E-state index contributed by atoms with van der Waals surface area (Å²) in [5, 5.41) is 12.2. The van der Waals surface area contributed by atoms with E-state index in [0.29, 0.717) is 17.0 Å². The van der Waals surface area contributed by atoms with Gasteiger partial charge in [0.25, 0.3) is 5.91 Å². The summed E-state index contributed by atoms with van der Waals surface area (Å²) < 4.78 is 18.8. The zero-order valence-corrected chi connectivity index (χ0v) is 13.1. The Labute approximate surface area is 126 Å². The lowest BCUT2D eigenvalue weighted by molar-refractivity contribution is 0.0259. The summed E-state index contributed by atoms with van der Waals surface area (Å²) >= 11 is 3.18. The summed E-state index contributed by atoms with van der Waals surface area (Å²) in [6, 6.07) is 3.86. The molecule has 1 aromatic rings. The van der Waals surface area contributed by atoms with Gasteiger partial charge >= 0.3 is 0 Å². The van der Waals surface area contributed by atoms with E-state index in [1.165, 1.54) is 12.1 Å². The van der Waals surface area contributed by atoms with Crippen LogP contribution in [0.25, 0.3) is 0 Å². The number of hydrogen-bond acceptors (Lipinski definition) is 3. The summed E-state index contributed by atoms with van der Waals surface area (Å²) in [6.07, 6.45) is -0.787. The van der Waals surface area contributed by atoms with Crippen molar-refractivity contribution in [2.24, 2.45) is 5.92 Å². The molecule has 0 aliphatic rings. The van der Waals surface area contributed by atoms with Crippen LogP contribution in [0, 0.1) is 11.7 Å². The van der Waals surface area contributed by atoms with E-state index in [2.05, 4.69) is 21.2 Å². The van der Waals surface area contributed by atoms with Crippen LogP contribution in [0.3, 0.4) is 0 Å². The fourth-order valence-corrected chi connectivity index (χ4v) is 1.90. The topological polar surface area (TPSA) is 58.6 Å². The molecule has 6 heteroatoms. The standard InChI is InChI=1S/C14H19BrFNO3/c1-9(2)7-20-8-11(18)6-17-14(19)12-5-10(16)3-4-13(12)15/h3-5,9,11,18H,6-8H2,1-2H3,(H,17,19).